The summed E-state index contributed by atoms with van der Waals surface area (Å²) in [6.07, 6.45) is 0.393. The number of nitrogens with zero attached hydrogens (tertiary/aromatic N) is 2. The summed E-state index contributed by atoms with van der Waals surface area (Å²) in [5, 5.41) is 12.9. The van der Waals surface area contributed by atoms with Gasteiger partial charge in [-0.15, -0.1) is 0 Å². The highest BCUT2D eigenvalue weighted by Crippen LogP contribution is 2.15. The van der Waals surface area contributed by atoms with Gasteiger partial charge in [-0.3, -0.25) is 0 Å². The van der Waals surface area contributed by atoms with Crippen LogP contribution in [-0.2, 0) is 6.42 Å². The van der Waals surface area contributed by atoms with Crippen LogP contribution in [-0.4, -0.2) is 23.0 Å². The van der Waals surface area contributed by atoms with Crippen molar-refractivity contribution in [1.29, 1.82) is 0 Å². The Morgan fingerprint density at radius 1 is 1.32 bits per heavy atom. The molecule has 0 aliphatic carbocycles. The smallest absolute Gasteiger partial charge is 0.129 e. The number of rotatable bonds is 4. The highest BCUT2D eigenvalue weighted by molar-refractivity contribution is 6.29. The number of oxime groups is 1. The zero-order chi connectivity index (χ0) is 13.7. The maximum absolute atomic E-state index is 9.16. The van der Waals surface area contributed by atoms with E-state index in [-0.39, 0.29) is 0 Å². The molecule has 4 nitrogen and oxygen atoms in total. The van der Waals surface area contributed by atoms with Crippen molar-refractivity contribution in [3.8, 4) is 5.75 Å². The maximum atomic E-state index is 9.16. The minimum absolute atomic E-state index is 0.393. The van der Waals surface area contributed by atoms with Gasteiger partial charge < -0.3 is 9.94 Å². The number of hydrogen-bond acceptors (Lipinski definition) is 4. The first-order valence-electron chi connectivity index (χ1n) is 5.69. The van der Waals surface area contributed by atoms with Crippen LogP contribution in [0.1, 0.15) is 11.3 Å². The van der Waals surface area contributed by atoms with Crippen molar-refractivity contribution in [2.45, 2.75) is 6.42 Å². The molecule has 0 bridgehead atoms. The zero-order valence-electron chi connectivity index (χ0n) is 10.4. The molecule has 1 heterocycles. The molecular weight excluding hydrogens is 264 g/mol. The van der Waals surface area contributed by atoms with Gasteiger partial charge in [-0.2, -0.15) is 0 Å². The van der Waals surface area contributed by atoms with Crippen molar-refractivity contribution in [3.63, 3.8) is 0 Å². The van der Waals surface area contributed by atoms with Crippen molar-refractivity contribution >= 4 is 17.3 Å². The van der Waals surface area contributed by atoms with Crippen LogP contribution in [0.3, 0.4) is 0 Å². The van der Waals surface area contributed by atoms with E-state index in [1.807, 2.05) is 30.3 Å². The van der Waals surface area contributed by atoms with Crippen LogP contribution in [0.4, 0.5) is 0 Å². The number of aromatic nitrogens is 1. The summed E-state index contributed by atoms with van der Waals surface area (Å²) in [6, 6.07) is 12.7. The van der Waals surface area contributed by atoms with Gasteiger partial charge in [-0.25, -0.2) is 4.98 Å². The number of benzene rings is 1. The maximum Gasteiger partial charge on any atom is 0.129 e. The summed E-state index contributed by atoms with van der Waals surface area (Å²) in [7, 11) is 1.59. The molecule has 1 N–H and O–H groups in total. The van der Waals surface area contributed by atoms with E-state index in [2.05, 4.69) is 10.1 Å². The van der Waals surface area contributed by atoms with Gasteiger partial charge in [-0.1, -0.05) is 35.0 Å². The Labute approximate surface area is 116 Å². The Morgan fingerprint density at radius 3 is 2.79 bits per heavy atom. The SMILES string of the molecule is COc1cccc(C(Cc2cccc(Cl)n2)=NO)c1. The molecule has 98 valence electrons. The predicted octanol–water partition coefficient (Wildman–Crippen LogP) is 3.16. The van der Waals surface area contributed by atoms with Crippen molar-refractivity contribution in [2.24, 2.45) is 5.16 Å². The molecule has 0 atom stereocenters. The monoisotopic (exact) mass is 276 g/mol. The van der Waals surface area contributed by atoms with E-state index in [0.717, 1.165) is 11.3 Å². The first-order chi connectivity index (χ1) is 9.22. The lowest BCUT2D eigenvalue weighted by Gasteiger charge is -2.06. The summed E-state index contributed by atoms with van der Waals surface area (Å²) in [6.45, 7) is 0. The molecular formula is C14H13ClN2O2. The zero-order valence-corrected chi connectivity index (χ0v) is 11.1. The average molecular weight is 277 g/mol. The Morgan fingerprint density at radius 2 is 2.11 bits per heavy atom. The minimum atomic E-state index is 0.393. The normalized spacial score (nSPS) is 11.4. The van der Waals surface area contributed by atoms with Crippen molar-refractivity contribution in [2.75, 3.05) is 7.11 Å². The second-order valence-corrected chi connectivity index (χ2v) is 4.29. The molecule has 2 aromatic rings. The molecule has 0 aliphatic rings. The third-order valence-corrected chi connectivity index (χ3v) is 2.86. The first kappa shape index (κ1) is 13.4. The van der Waals surface area contributed by atoms with Gasteiger partial charge in [0.05, 0.1) is 12.8 Å². The first-order valence-corrected chi connectivity index (χ1v) is 6.07. The van der Waals surface area contributed by atoms with Gasteiger partial charge in [-0.05, 0) is 24.3 Å². The molecule has 0 amide bonds. The molecule has 0 aliphatic heterocycles. The molecule has 0 unspecified atom stereocenters. The van der Waals surface area contributed by atoms with E-state index in [1.54, 1.807) is 19.2 Å². The second-order valence-electron chi connectivity index (χ2n) is 3.91. The molecule has 0 saturated heterocycles. The fourth-order valence-corrected chi connectivity index (χ4v) is 1.90. The van der Waals surface area contributed by atoms with Gasteiger partial charge in [0, 0.05) is 17.7 Å². The van der Waals surface area contributed by atoms with Crippen LogP contribution in [0.25, 0.3) is 0 Å². The number of halogens is 1. The molecule has 19 heavy (non-hydrogen) atoms. The third kappa shape index (κ3) is 3.45. The summed E-state index contributed by atoms with van der Waals surface area (Å²) in [5.74, 6) is 0.706. The quantitative estimate of drug-likeness (QED) is 0.404. The molecule has 0 fully saturated rings. The van der Waals surface area contributed by atoms with Crippen LogP contribution >= 0.6 is 11.6 Å². The lowest BCUT2D eigenvalue weighted by molar-refractivity contribution is 0.318. The van der Waals surface area contributed by atoms with E-state index >= 15 is 0 Å². The number of pyridine rings is 1. The Bertz CT molecular complexity index is 600. The topological polar surface area (TPSA) is 54.7 Å². The number of methoxy groups -OCH3 is 1. The fourth-order valence-electron chi connectivity index (χ4n) is 1.72. The molecule has 0 radical (unpaired) electrons. The van der Waals surface area contributed by atoms with E-state index in [0.29, 0.717) is 23.0 Å². The number of hydrogen-bond donors (Lipinski definition) is 1. The molecule has 1 aromatic carbocycles. The summed E-state index contributed by atoms with van der Waals surface area (Å²) < 4.78 is 5.15. The van der Waals surface area contributed by atoms with E-state index in [9.17, 15) is 0 Å². The van der Waals surface area contributed by atoms with Gasteiger partial charge in [0.1, 0.15) is 10.9 Å². The van der Waals surface area contributed by atoms with E-state index < -0.39 is 0 Å². The van der Waals surface area contributed by atoms with Crippen LogP contribution in [0.5, 0.6) is 5.75 Å². The highest BCUT2D eigenvalue weighted by atomic mass is 35.5. The molecule has 1 aromatic heterocycles. The highest BCUT2D eigenvalue weighted by Gasteiger charge is 2.08. The standard InChI is InChI=1S/C14H13ClN2O2/c1-19-12-6-2-4-10(8-12)13(17-18)9-11-5-3-7-14(15)16-11/h2-8,18H,9H2,1H3. The van der Waals surface area contributed by atoms with Crippen molar-refractivity contribution in [1.82, 2.24) is 4.98 Å². The molecule has 0 saturated carbocycles. The minimum Gasteiger partial charge on any atom is -0.497 e. The fraction of sp³-hybridized carbons (Fsp3) is 0.143. The van der Waals surface area contributed by atoms with Gasteiger partial charge in [0.15, 0.2) is 0 Å². The Hall–Kier alpha value is -2.07. The molecule has 0 spiro atoms. The lowest BCUT2D eigenvalue weighted by Crippen LogP contribution is -2.07. The predicted molar refractivity (Wildman–Crippen MR) is 74.3 cm³/mol. The Kier molecular flexibility index (Phi) is 4.36. The Balaban J connectivity index is 2.25. The molecule has 2 rings (SSSR count). The summed E-state index contributed by atoms with van der Waals surface area (Å²) >= 11 is 5.83. The third-order valence-electron chi connectivity index (χ3n) is 2.65. The average Bonchev–Trinajstić information content (AvgIpc) is 2.45. The van der Waals surface area contributed by atoms with Crippen molar-refractivity contribution in [3.05, 3.63) is 58.9 Å². The van der Waals surface area contributed by atoms with E-state index in [4.69, 9.17) is 21.5 Å². The van der Waals surface area contributed by atoms with Crippen molar-refractivity contribution < 1.29 is 9.94 Å². The molecule has 5 heteroatoms. The number of ether oxygens (including phenoxy) is 1. The van der Waals surface area contributed by atoms with Crippen LogP contribution in [0.15, 0.2) is 47.6 Å². The van der Waals surface area contributed by atoms with Crippen LogP contribution < -0.4 is 4.74 Å². The van der Waals surface area contributed by atoms with Crippen LogP contribution in [0.2, 0.25) is 5.15 Å². The van der Waals surface area contributed by atoms with Gasteiger partial charge in [0.2, 0.25) is 0 Å². The second kappa shape index (κ2) is 6.20. The van der Waals surface area contributed by atoms with E-state index in [1.165, 1.54) is 0 Å². The van der Waals surface area contributed by atoms with Gasteiger partial charge >= 0.3 is 0 Å². The lowest BCUT2D eigenvalue weighted by atomic mass is 10.1. The summed E-state index contributed by atoms with van der Waals surface area (Å²) in [5.41, 5.74) is 2.03. The van der Waals surface area contributed by atoms with Crippen LogP contribution in [0, 0.1) is 0 Å². The van der Waals surface area contributed by atoms with Gasteiger partial charge in [0.25, 0.3) is 0 Å². The largest absolute Gasteiger partial charge is 0.497 e. The summed E-state index contributed by atoms with van der Waals surface area (Å²) in [4.78, 5) is 4.17.